The van der Waals surface area contributed by atoms with E-state index in [0.717, 1.165) is 19.3 Å². The molecule has 0 amide bonds. The predicted molar refractivity (Wildman–Crippen MR) is 75.1 cm³/mol. The van der Waals surface area contributed by atoms with Crippen LogP contribution in [0.3, 0.4) is 0 Å². The highest BCUT2D eigenvalue weighted by Crippen LogP contribution is 2.25. The molecule has 1 fully saturated rings. The van der Waals surface area contributed by atoms with Gasteiger partial charge in [-0.05, 0) is 37.3 Å². The zero-order chi connectivity index (χ0) is 15.4. The van der Waals surface area contributed by atoms with Gasteiger partial charge in [-0.1, -0.05) is 12.1 Å². The van der Waals surface area contributed by atoms with Crippen molar-refractivity contribution in [2.45, 2.75) is 31.9 Å². The van der Waals surface area contributed by atoms with Crippen molar-refractivity contribution >= 4 is 11.7 Å². The second-order valence-corrected chi connectivity index (χ2v) is 5.34. The first kappa shape index (κ1) is 15.4. The molecule has 3 N–H and O–H groups in total. The van der Waals surface area contributed by atoms with Crippen LogP contribution in [0.15, 0.2) is 18.2 Å². The molecular formula is C14H18N2O5. The Balaban J connectivity index is 2.04. The SMILES string of the molecule is O=C(O)c1c(CNCC2CCC(O)C2)cccc1[N+](=O)[O-]. The number of benzene rings is 1. The van der Waals surface area contributed by atoms with Crippen LogP contribution in [0, 0.1) is 16.0 Å². The molecule has 0 saturated heterocycles. The number of aromatic carboxylic acids is 1. The maximum Gasteiger partial charge on any atom is 0.343 e. The van der Waals surface area contributed by atoms with Crippen molar-refractivity contribution in [3.05, 3.63) is 39.4 Å². The van der Waals surface area contributed by atoms with E-state index in [0.29, 0.717) is 18.0 Å². The van der Waals surface area contributed by atoms with Crippen LogP contribution in [0.2, 0.25) is 0 Å². The maximum absolute atomic E-state index is 11.2. The highest BCUT2D eigenvalue weighted by Gasteiger charge is 2.24. The molecule has 21 heavy (non-hydrogen) atoms. The first-order chi connectivity index (χ1) is 9.99. The lowest BCUT2D eigenvalue weighted by molar-refractivity contribution is -0.385. The molecule has 0 heterocycles. The Kier molecular flexibility index (Phi) is 4.87. The summed E-state index contributed by atoms with van der Waals surface area (Å²) in [7, 11) is 0. The van der Waals surface area contributed by atoms with Gasteiger partial charge >= 0.3 is 5.97 Å². The van der Waals surface area contributed by atoms with Crippen LogP contribution < -0.4 is 5.32 Å². The molecule has 1 aliphatic carbocycles. The topological polar surface area (TPSA) is 113 Å². The van der Waals surface area contributed by atoms with Gasteiger partial charge in [0.15, 0.2) is 0 Å². The smallest absolute Gasteiger partial charge is 0.343 e. The van der Waals surface area contributed by atoms with Crippen molar-refractivity contribution in [3.63, 3.8) is 0 Å². The Bertz CT molecular complexity index is 546. The summed E-state index contributed by atoms with van der Waals surface area (Å²) in [6.07, 6.45) is 2.23. The van der Waals surface area contributed by atoms with Gasteiger partial charge in [-0.25, -0.2) is 4.79 Å². The summed E-state index contributed by atoms with van der Waals surface area (Å²) >= 11 is 0. The lowest BCUT2D eigenvalue weighted by atomic mass is 10.0. The first-order valence-corrected chi connectivity index (χ1v) is 6.87. The van der Waals surface area contributed by atoms with Crippen LogP contribution in [0.1, 0.15) is 35.2 Å². The monoisotopic (exact) mass is 294 g/mol. The summed E-state index contributed by atoms with van der Waals surface area (Å²) < 4.78 is 0. The number of carbonyl (C=O) groups is 1. The van der Waals surface area contributed by atoms with Crippen molar-refractivity contribution in [3.8, 4) is 0 Å². The first-order valence-electron chi connectivity index (χ1n) is 6.87. The third kappa shape index (κ3) is 3.77. The molecule has 7 heteroatoms. The van der Waals surface area contributed by atoms with Crippen molar-refractivity contribution < 1.29 is 19.9 Å². The normalized spacial score (nSPS) is 21.4. The van der Waals surface area contributed by atoms with E-state index in [1.165, 1.54) is 12.1 Å². The third-order valence-corrected chi connectivity index (χ3v) is 3.80. The Morgan fingerprint density at radius 3 is 2.76 bits per heavy atom. The molecule has 0 aromatic heterocycles. The summed E-state index contributed by atoms with van der Waals surface area (Å²) in [6.45, 7) is 0.925. The molecule has 2 rings (SSSR count). The van der Waals surface area contributed by atoms with E-state index >= 15 is 0 Å². The minimum Gasteiger partial charge on any atom is -0.477 e. The predicted octanol–water partition coefficient (Wildman–Crippen LogP) is 1.54. The zero-order valence-corrected chi connectivity index (χ0v) is 11.5. The molecule has 0 aliphatic heterocycles. The molecule has 2 atom stereocenters. The highest BCUT2D eigenvalue weighted by molar-refractivity contribution is 5.94. The molecule has 0 radical (unpaired) electrons. The number of nitrogens with one attached hydrogen (secondary N) is 1. The van der Waals surface area contributed by atoms with Crippen LogP contribution in [-0.2, 0) is 6.54 Å². The quantitative estimate of drug-likeness (QED) is 0.542. The number of carboxylic acid groups (broad SMARTS) is 1. The van der Waals surface area contributed by atoms with Crippen molar-refractivity contribution in [1.29, 1.82) is 0 Å². The van der Waals surface area contributed by atoms with Crippen LogP contribution in [-0.4, -0.2) is 33.8 Å². The lowest BCUT2D eigenvalue weighted by Crippen LogP contribution is -2.23. The lowest BCUT2D eigenvalue weighted by Gasteiger charge is -2.12. The highest BCUT2D eigenvalue weighted by atomic mass is 16.6. The molecule has 7 nitrogen and oxygen atoms in total. The zero-order valence-electron chi connectivity index (χ0n) is 11.5. The minimum atomic E-state index is -1.30. The van der Waals surface area contributed by atoms with Crippen molar-refractivity contribution in [2.75, 3.05) is 6.54 Å². The van der Waals surface area contributed by atoms with E-state index in [1.807, 2.05) is 0 Å². The molecule has 0 bridgehead atoms. The molecule has 2 unspecified atom stereocenters. The van der Waals surface area contributed by atoms with Gasteiger partial charge in [-0.3, -0.25) is 10.1 Å². The van der Waals surface area contributed by atoms with E-state index in [1.54, 1.807) is 6.07 Å². The Morgan fingerprint density at radius 1 is 1.43 bits per heavy atom. The number of aliphatic hydroxyl groups is 1. The van der Waals surface area contributed by atoms with E-state index in [2.05, 4.69) is 5.32 Å². The van der Waals surface area contributed by atoms with Gasteiger partial charge in [0, 0.05) is 12.6 Å². The number of nitro groups is 1. The van der Waals surface area contributed by atoms with Gasteiger partial charge in [-0.15, -0.1) is 0 Å². The fourth-order valence-electron chi connectivity index (χ4n) is 2.78. The third-order valence-electron chi connectivity index (χ3n) is 3.80. The Labute approximate surface area is 121 Å². The fourth-order valence-corrected chi connectivity index (χ4v) is 2.78. The molecule has 1 aromatic carbocycles. The molecule has 114 valence electrons. The van der Waals surface area contributed by atoms with E-state index < -0.39 is 16.6 Å². The molecule has 1 aromatic rings. The number of aliphatic hydroxyl groups excluding tert-OH is 1. The minimum absolute atomic E-state index is 0.246. The largest absolute Gasteiger partial charge is 0.477 e. The Hall–Kier alpha value is -1.99. The number of hydrogen-bond acceptors (Lipinski definition) is 5. The van der Waals surface area contributed by atoms with Gasteiger partial charge in [0.25, 0.3) is 5.69 Å². The average Bonchev–Trinajstić information content (AvgIpc) is 2.83. The van der Waals surface area contributed by atoms with Gasteiger partial charge in [-0.2, -0.15) is 0 Å². The molecule has 1 saturated carbocycles. The summed E-state index contributed by atoms with van der Waals surface area (Å²) in [5.74, 6) is -0.928. The van der Waals surface area contributed by atoms with Crippen LogP contribution in [0.5, 0.6) is 0 Å². The Morgan fingerprint density at radius 2 is 2.19 bits per heavy atom. The fraction of sp³-hybridized carbons (Fsp3) is 0.500. The van der Waals surface area contributed by atoms with Crippen LogP contribution >= 0.6 is 0 Å². The number of rotatable bonds is 6. The standard InChI is InChI=1S/C14H18N2O5/c17-11-5-4-9(6-11)7-15-8-10-2-1-3-12(16(20)21)13(10)14(18)19/h1-3,9,11,15,17H,4-8H2,(H,18,19). The summed E-state index contributed by atoms with van der Waals surface area (Å²) in [4.78, 5) is 21.5. The summed E-state index contributed by atoms with van der Waals surface area (Å²) in [6, 6.07) is 4.26. The van der Waals surface area contributed by atoms with E-state index in [9.17, 15) is 25.1 Å². The molecular weight excluding hydrogens is 276 g/mol. The van der Waals surface area contributed by atoms with Gasteiger partial charge in [0.05, 0.1) is 11.0 Å². The van der Waals surface area contributed by atoms with Crippen molar-refractivity contribution in [2.24, 2.45) is 5.92 Å². The number of hydrogen-bond donors (Lipinski definition) is 3. The number of nitrogens with zero attached hydrogens (tertiary/aromatic N) is 1. The van der Waals surface area contributed by atoms with Gasteiger partial charge in [0.1, 0.15) is 5.56 Å². The van der Waals surface area contributed by atoms with Gasteiger partial charge in [0.2, 0.25) is 0 Å². The summed E-state index contributed by atoms with van der Waals surface area (Å²) in [5, 5.41) is 32.6. The number of nitro benzene ring substituents is 1. The van der Waals surface area contributed by atoms with Crippen LogP contribution in [0.25, 0.3) is 0 Å². The second-order valence-electron chi connectivity index (χ2n) is 5.34. The maximum atomic E-state index is 11.2. The second kappa shape index (κ2) is 6.64. The number of carboxylic acids is 1. The van der Waals surface area contributed by atoms with Gasteiger partial charge < -0.3 is 15.5 Å². The summed E-state index contributed by atoms with van der Waals surface area (Å²) in [5.41, 5.74) is -0.255. The van der Waals surface area contributed by atoms with Crippen LogP contribution in [0.4, 0.5) is 5.69 Å². The van der Waals surface area contributed by atoms with Crippen molar-refractivity contribution in [1.82, 2.24) is 5.32 Å². The molecule has 0 spiro atoms. The average molecular weight is 294 g/mol. The van der Waals surface area contributed by atoms with E-state index in [4.69, 9.17) is 0 Å². The molecule has 1 aliphatic rings. The van der Waals surface area contributed by atoms with E-state index in [-0.39, 0.29) is 18.2 Å².